The number of carbonyl (C=O) groups excluding carboxylic acids is 1. The van der Waals surface area contributed by atoms with Crippen LogP contribution >= 0.6 is 11.6 Å². The molecule has 0 aliphatic heterocycles. The van der Waals surface area contributed by atoms with Crippen LogP contribution in [-0.4, -0.2) is 25.8 Å². The van der Waals surface area contributed by atoms with E-state index in [-0.39, 0.29) is 17.1 Å². The average Bonchev–Trinajstić information content (AvgIpc) is 2.72. The molecular weight excluding hydrogens is 430 g/mol. The van der Waals surface area contributed by atoms with Crippen molar-refractivity contribution in [2.45, 2.75) is 9.79 Å². The summed E-state index contributed by atoms with van der Waals surface area (Å²) in [6, 6.07) is 17.6. The number of carbonyl (C=O) groups is 1. The summed E-state index contributed by atoms with van der Waals surface area (Å²) >= 11 is 5.88. The number of nitrogens with zero attached hydrogens (tertiary/aromatic N) is 1. The molecule has 0 fully saturated rings. The number of para-hydroxylation sites is 2. The highest BCUT2D eigenvalue weighted by Crippen LogP contribution is 2.32. The van der Waals surface area contributed by atoms with Gasteiger partial charge in [-0.05, 0) is 36.4 Å². The zero-order chi connectivity index (χ0) is 21.7. The van der Waals surface area contributed by atoms with E-state index < -0.39 is 31.3 Å². The number of halogens is 1. The van der Waals surface area contributed by atoms with Gasteiger partial charge in [0.15, 0.2) is 0 Å². The van der Waals surface area contributed by atoms with Gasteiger partial charge in [0, 0.05) is 16.8 Å². The maximum atomic E-state index is 13.1. The van der Waals surface area contributed by atoms with E-state index in [1.807, 2.05) is 0 Å². The Kier molecular flexibility index (Phi) is 6.34. The molecule has 2 N–H and O–H groups in total. The van der Waals surface area contributed by atoms with Crippen molar-refractivity contribution in [3.63, 3.8) is 0 Å². The van der Waals surface area contributed by atoms with Crippen LogP contribution in [0.15, 0.2) is 82.6 Å². The van der Waals surface area contributed by atoms with Crippen LogP contribution in [0.4, 0.5) is 17.1 Å². The van der Waals surface area contributed by atoms with Crippen molar-refractivity contribution in [2.75, 3.05) is 17.2 Å². The highest BCUT2D eigenvalue weighted by molar-refractivity contribution is 7.91. The first-order chi connectivity index (χ1) is 14.3. The number of benzene rings is 3. The van der Waals surface area contributed by atoms with E-state index in [1.165, 1.54) is 36.4 Å². The fourth-order valence-corrected chi connectivity index (χ4v) is 4.54. The molecule has 0 bridgehead atoms. The van der Waals surface area contributed by atoms with Gasteiger partial charge in [0.2, 0.25) is 15.7 Å². The van der Waals surface area contributed by atoms with E-state index in [9.17, 15) is 23.3 Å². The van der Waals surface area contributed by atoms with Gasteiger partial charge in [-0.1, -0.05) is 41.9 Å². The van der Waals surface area contributed by atoms with E-state index in [0.717, 1.165) is 6.07 Å². The third-order valence-corrected chi connectivity index (χ3v) is 6.17. The molecule has 3 aromatic carbocycles. The van der Waals surface area contributed by atoms with E-state index >= 15 is 0 Å². The summed E-state index contributed by atoms with van der Waals surface area (Å²) in [6.07, 6.45) is 0. The monoisotopic (exact) mass is 445 g/mol. The van der Waals surface area contributed by atoms with Gasteiger partial charge in [-0.25, -0.2) is 8.42 Å². The van der Waals surface area contributed by atoms with Gasteiger partial charge in [-0.15, -0.1) is 0 Å². The predicted octanol–water partition coefficient (Wildman–Crippen LogP) is 4.13. The zero-order valence-electron chi connectivity index (χ0n) is 15.4. The fraction of sp³-hybridized carbons (Fsp3) is 0.0500. The van der Waals surface area contributed by atoms with E-state index in [0.29, 0.717) is 10.7 Å². The minimum absolute atomic E-state index is 0.150. The molecule has 0 aromatic heterocycles. The topological polar surface area (TPSA) is 118 Å². The number of hydrogen-bond donors (Lipinski definition) is 2. The molecule has 0 saturated heterocycles. The van der Waals surface area contributed by atoms with Gasteiger partial charge in [-0.2, -0.15) is 0 Å². The summed E-state index contributed by atoms with van der Waals surface area (Å²) in [6.45, 7) is -0.226. The molecule has 10 heteroatoms. The second kappa shape index (κ2) is 8.93. The molecular formula is C20H16ClN3O5S. The summed E-state index contributed by atoms with van der Waals surface area (Å²) < 4.78 is 26.2. The largest absolute Gasteiger partial charge is 0.375 e. The highest BCUT2D eigenvalue weighted by atomic mass is 35.5. The van der Waals surface area contributed by atoms with Gasteiger partial charge >= 0.3 is 0 Å². The summed E-state index contributed by atoms with van der Waals surface area (Å²) in [5, 5.41) is 17.1. The van der Waals surface area contributed by atoms with Crippen LogP contribution < -0.4 is 10.6 Å². The minimum Gasteiger partial charge on any atom is -0.375 e. The number of nitrogens with one attached hydrogen (secondary N) is 2. The van der Waals surface area contributed by atoms with Crippen molar-refractivity contribution in [1.29, 1.82) is 0 Å². The highest BCUT2D eigenvalue weighted by Gasteiger charge is 2.29. The molecule has 0 spiro atoms. The second-order valence-corrected chi connectivity index (χ2v) is 8.46. The van der Waals surface area contributed by atoms with Crippen LogP contribution in [0.1, 0.15) is 0 Å². The van der Waals surface area contributed by atoms with Crippen molar-refractivity contribution in [2.24, 2.45) is 0 Å². The molecule has 0 unspecified atom stereocenters. The number of anilines is 2. The Labute approximate surface area is 177 Å². The lowest BCUT2D eigenvalue weighted by molar-refractivity contribution is -0.387. The smallest absolute Gasteiger partial charge is 0.288 e. The molecule has 0 atom stereocenters. The molecule has 30 heavy (non-hydrogen) atoms. The standard InChI is InChI=1S/C20H16ClN3O5S/c21-14-6-5-7-15(12-14)23-20(25)13-22-16-8-1-3-10-18(16)30(28,29)19-11-4-2-9-17(19)24(26)27/h1-12,22H,13H2,(H,23,25). The molecule has 8 nitrogen and oxygen atoms in total. The third kappa shape index (κ3) is 4.76. The van der Waals surface area contributed by atoms with E-state index in [2.05, 4.69) is 10.6 Å². The van der Waals surface area contributed by atoms with Crippen LogP contribution in [-0.2, 0) is 14.6 Å². The van der Waals surface area contributed by atoms with Crippen molar-refractivity contribution in [1.82, 2.24) is 0 Å². The maximum absolute atomic E-state index is 13.1. The number of amides is 1. The second-order valence-electron chi connectivity index (χ2n) is 6.14. The summed E-state index contributed by atoms with van der Waals surface area (Å²) in [5.74, 6) is -0.421. The summed E-state index contributed by atoms with van der Waals surface area (Å²) in [4.78, 5) is 22.1. The Bertz CT molecular complexity index is 1210. The first-order valence-electron chi connectivity index (χ1n) is 8.66. The fourth-order valence-electron chi connectivity index (χ4n) is 2.75. The van der Waals surface area contributed by atoms with Crippen molar-refractivity contribution >= 4 is 44.4 Å². The lowest BCUT2D eigenvalue weighted by Crippen LogP contribution is -2.22. The van der Waals surface area contributed by atoms with Crippen LogP contribution in [0.5, 0.6) is 0 Å². The average molecular weight is 446 g/mol. The number of nitro groups is 1. The summed E-state index contributed by atoms with van der Waals surface area (Å²) in [5.41, 5.74) is 0.123. The van der Waals surface area contributed by atoms with Crippen molar-refractivity contribution in [3.8, 4) is 0 Å². The van der Waals surface area contributed by atoms with Crippen LogP contribution in [0.3, 0.4) is 0 Å². The molecule has 3 rings (SSSR count). The van der Waals surface area contributed by atoms with Gasteiger partial charge in [0.05, 0.1) is 22.1 Å². The Morgan fingerprint density at radius 1 is 0.967 bits per heavy atom. The van der Waals surface area contributed by atoms with E-state index in [4.69, 9.17) is 11.6 Å². The quantitative estimate of drug-likeness (QED) is 0.417. The first-order valence-corrected chi connectivity index (χ1v) is 10.5. The number of sulfone groups is 1. The lowest BCUT2D eigenvalue weighted by atomic mass is 10.3. The van der Waals surface area contributed by atoms with Gasteiger partial charge in [0.25, 0.3) is 5.69 Å². The van der Waals surface area contributed by atoms with Crippen molar-refractivity contribution < 1.29 is 18.1 Å². The minimum atomic E-state index is -4.21. The van der Waals surface area contributed by atoms with Crippen LogP contribution in [0.25, 0.3) is 0 Å². The van der Waals surface area contributed by atoms with Crippen LogP contribution in [0, 0.1) is 10.1 Å². The number of nitro benzene ring substituents is 1. The Balaban J connectivity index is 1.84. The maximum Gasteiger partial charge on any atom is 0.288 e. The zero-order valence-corrected chi connectivity index (χ0v) is 17.0. The lowest BCUT2D eigenvalue weighted by Gasteiger charge is -2.13. The molecule has 0 heterocycles. The number of hydrogen-bond acceptors (Lipinski definition) is 6. The Morgan fingerprint density at radius 3 is 2.33 bits per heavy atom. The molecule has 3 aromatic rings. The molecule has 0 aliphatic carbocycles. The summed E-state index contributed by atoms with van der Waals surface area (Å²) in [7, 11) is -4.21. The SMILES string of the molecule is O=C(CNc1ccccc1S(=O)(=O)c1ccccc1[N+](=O)[O-])Nc1cccc(Cl)c1. The van der Waals surface area contributed by atoms with Gasteiger partial charge in [0.1, 0.15) is 4.90 Å². The molecule has 1 amide bonds. The molecule has 0 radical (unpaired) electrons. The van der Waals surface area contributed by atoms with Gasteiger partial charge < -0.3 is 10.6 Å². The molecule has 0 aliphatic rings. The number of rotatable bonds is 7. The molecule has 154 valence electrons. The van der Waals surface area contributed by atoms with Crippen molar-refractivity contribution in [3.05, 3.63) is 87.9 Å². The predicted molar refractivity (Wildman–Crippen MR) is 114 cm³/mol. The Morgan fingerprint density at radius 2 is 1.63 bits per heavy atom. The third-order valence-electron chi connectivity index (χ3n) is 4.08. The Hall–Kier alpha value is -3.43. The van der Waals surface area contributed by atoms with E-state index in [1.54, 1.807) is 30.3 Å². The van der Waals surface area contributed by atoms with Gasteiger partial charge in [-0.3, -0.25) is 14.9 Å². The normalized spacial score (nSPS) is 11.0. The first kappa shape index (κ1) is 21.3. The molecule has 0 saturated carbocycles. The van der Waals surface area contributed by atoms with Crippen LogP contribution in [0.2, 0.25) is 5.02 Å².